The fraction of sp³-hybridized carbons (Fsp3) is 0.267. The first-order valence-corrected chi connectivity index (χ1v) is 6.55. The quantitative estimate of drug-likeness (QED) is 0.891. The normalized spacial score (nSPS) is 11.5. The minimum Gasteiger partial charge on any atom is -0.463 e. The molecule has 1 heterocycles. The van der Waals surface area contributed by atoms with Crippen molar-refractivity contribution in [1.82, 2.24) is 9.78 Å². The molecular formula is C15H16FN3O3. The summed E-state index contributed by atoms with van der Waals surface area (Å²) in [6, 6.07) is 5.25. The van der Waals surface area contributed by atoms with E-state index in [0.717, 1.165) is 4.68 Å². The van der Waals surface area contributed by atoms with Crippen LogP contribution in [0.1, 0.15) is 36.8 Å². The minimum absolute atomic E-state index is 0.0292. The molecule has 0 radical (unpaired) electrons. The molecule has 0 aliphatic carbocycles. The summed E-state index contributed by atoms with van der Waals surface area (Å²) in [6.07, 6.45) is -1.32. The van der Waals surface area contributed by atoms with E-state index in [2.05, 4.69) is 5.10 Å². The van der Waals surface area contributed by atoms with Crippen LogP contribution < -0.4 is 5.73 Å². The van der Waals surface area contributed by atoms with Gasteiger partial charge in [-0.1, -0.05) is 20.8 Å². The second-order valence-corrected chi connectivity index (χ2v) is 5.89. The molecule has 0 unspecified atom stereocenters. The zero-order valence-corrected chi connectivity index (χ0v) is 12.4. The number of benzene rings is 1. The Morgan fingerprint density at radius 3 is 2.18 bits per heavy atom. The van der Waals surface area contributed by atoms with E-state index < -0.39 is 23.2 Å². The molecule has 0 saturated heterocycles. The first-order valence-electron chi connectivity index (χ1n) is 6.55. The van der Waals surface area contributed by atoms with Gasteiger partial charge >= 0.3 is 6.09 Å². The summed E-state index contributed by atoms with van der Waals surface area (Å²) >= 11 is 0. The van der Waals surface area contributed by atoms with Crippen LogP contribution in [0.5, 0.6) is 0 Å². The monoisotopic (exact) mass is 305 g/mol. The molecular weight excluding hydrogens is 289 g/mol. The number of amides is 1. The van der Waals surface area contributed by atoms with Gasteiger partial charge in [-0.15, -0.1) is 0 Å². The molecule has 0 aliphatic rings. The van der Waals surface area contributed by atoms with Gasteiger partial charge in [-0.3, -0.25) is 4.79 Å². The lowest BCUT2D eigenvalue weighted by molar-refractivity contribution is 0.0998. The Morgan fingerprint density at radius 2 is 1.77 bits per heavy atom. The maximum Gasteiger partial charge on any atom is 0.432 e. The van der Waals surface area contributed by atoms with E-state index in [1.54, 1.807) is 20.8 Å². The predicted octanol–water partition coefficient (Wildman–Crippen LogP) is 2.61. The van der Waals surface area contributed by atoms with Crippen molar-refractivity contribution < 1.29 is 19.1 Å². The Bertz CT molecular complexity index is 743. The van der Waals surface area contributed by atoms with Crippen molar-refractivity contribution in [2.75, 3.05) is 0 Å². The Morgan fingerprint density at radius 1 is 1.23 bits per heavy atom. The number of hydrogen-bond acceptors (Lipinski definition) is 3. The number of carbonyl (C=O) groups excluding carboxylic acids is 1. The van der Waals surface area contributed by atoms with Gasteiger partial charge in [0.2, 0.25) is 0 Å². The summed E-state index contributed by atoms with van der Waals surface area (Å²) in [6.45, 7) is 5.26. The Hall–Kier alpha value is -2.70. The molecule has 0 atom stereocenters. The average Bonchev–Trinajstić information content (AvgIpc) is 2.80. The van der Waals surface area contributed by atoms with Crippen LogP contribution in [-0.4, -0.2) is 26.9 Å². The maximum atomic E-state index is 13.1. The summed E-state index contributed by atoms with van der Waals surface area (Å²) in [5.41, 5.74) is 5.53. The van der Waals surface area contributed by atoms with Gasteiger partial charge in [-0.25, -0.2) is 9.18 Å². The smallest absolute Gasteiger partial charge is 0.432 e. The van der Waals surface area contributed by atoms with Gasteiger partial charge in [0.1, 0.15) is 11.5 Å². The molecule has 0 aliphatic heterocycles. The van der Waals surface area contributed by atoms with Gasteiger partial charge in [-0.2, -0.15) is 9.78 Å². The van der Waals surface area contributed by atoms with E-state index >= 15 is 0 Å². The third-order valence-electron chi connectivity index (χ3n) is 3.14. The lowest BCUT2D eigenvalue weighted by Gasteiger charge is -2.19. The lowest BCUT2D eigenvalue weighted by atomic mass is 9.87. The van der Waals surface area contributed by atoms with Gasteiger partial charge in [0.15, 0.2) is 0 Å². The molecule has 0 spiro atoms. The predicted molar refractivity (Wildman–Crippen MR) is 78.3 cm³/mol. The van der Waals surface area contributed by atoms with Crippen LogP contribution in [0.15, 0.2) is 24.3 Å². The highest BCUT2D eigenvalue weighted by Gasteiger charge is 2.32. The molecule has 22 heavy (non-hydrogen) atoms. The molecule has 1 amide bonds. The largest absolute Gasteiger partial charge is 0.463 e. The number of carbonyl (C=O) groups is 2. The van der Waals surface area contributed by atoms with E-state index in [4.69, 9.17) is 5.73 Å². The number of halogens is 1. The van der Waals surface area contributed by atoms with Gasteiger partial charge in [0.05, 0.1) is 11.3 Å². The number of nitrogens with zero attached hydrogens (tertiary/aromatic N) is 2. The number of nitrogens with two attached hydrogens (primary N) is 1. The van der Waals surface area contributed by atoms with E-state index in [0.29, 0.717) is 5.56 Å². The van der Waals surface area contributed by atoms with Gasteiger partial charge in [0.25, 0.3) is 5.91 Å². The van der Waals surface area contributed by atoms with Crippen molar-refractivity contribution in [3.63, 3.8) is 0 Å². The van der Waals surface area contributed by atoms with Crippen molar-refractivity contribution in [2.24, 2.45) is 5.73 Å². The molecule has 1 aromatic heterocycles. The summed E-state index contributed by atoms with van der Waals surface area (Å²) in [7, 11) is 0. The van der Waals surface area contributed by atoms with Crippen LogP contribution in [-0.2, 0) is 5.41 Å². The fourth-order valence-electron chi connectivity index (χ4n) is 2.29. The lowest BCUT2D eigenvalue weighted by Crippen LogP contribution is -2.26. The van der Waals surface area contributed by atoms with Gasteiger partial charge < -0.3 is 10.8 Å². The van der Waals surface area contributed by atoms with E-state index in [-0.39, 0.29) is 17.0 Å². The van der Waals surface area contributed by atoms with Crippen molar-refractivity contribution in [2.45, 2.75) is 26.2 Å². The van der Waals surface area contributed by atoms with Crippen LogP contribution in [0.3, 0.4) is 0 Å². The highest BCUT2D eigenvalue weighted by atomic mass is 19.1. The zero-order chi connectivity index (χ0) is 16.7. The molecule has 2 rings (SSSR count). The second-order valence-electron chi connectivity index (χ2n) is 5.89. The van der Waals surface area contributed by atoms with Crippen LogP contribution in [0.25, 0.3) is 11.3 Å². The van der Waals surface area contributed by atoms with E-state index in [1.165, 1.54) is 24.3 Å². The van der Waals surface area contributed by atoms with Crippen molar-refractivity contribution in [1.29, 1.82) is 0 Å². The first-order chi connectivity index (χ1) is 10.1. The number of primary amides is 1. The van der Waals surface area contributed by atoms with Crippen molar-refractivity contribution >= 4 is 12.0 Å². The summed E-state index contributed by atoms with van der Waals surface area (Å²) in [5.74, 6) is -1.23. The summed E-state index contributed by atoms with van der Waals surface area (Å²) in [5, 5.41) is 13.3. The van der Waals surface area contributed by atoms with E-state index in [1.807, 2.05) is 0 Å². The summed E-state index contributed by atoms with van der Waals surface area (Å²) < 4.78 is 13.8. The molecule has 7 heteroatoms. The van der Waals surface area contributed by atoms with Crippen LogP contribution in [0.2, 0.25) is 0 Å². The number of carboxylic acid groups (broad SMARTS) is 1. The van der Waals surface area contributed by atoms with Crippen LogP contribution in [0.4, 0.5) is 9.18 Å². The molecule has 3 N–H and O–H groups in total. The number of hydrogen-bond donors (Lipinski definition) is 2. The van der Waals surface area contributed by atoms with Crippen molar-refractivity contribution in [3.05, 3.63) is 41.3 Å². The molecule has 2 aromatic rings. The SMILES string of the molecule is CC(C)(C)c1c(C(N)=O)c(-c2ccc(F)cc2)nn1C(=O)O. The molecule has 1 aromatic carbocycles. The van der Waals surface area contributed by atoms with E-state index in [9.17, 15) is 19.1 Å². The van der Waals surface area contributed by atoms with Crippen LogP contribution in [0, 0.1) is 5.82 Å². The average molecular weight is 305 g/mol. The van der Waals surface area contributed by atoms with Gasteiger partial charge in [0, 0.05) is 11.0 Å². The number of aromatic nitrogens is 2. The highest BCUT2D eigenvalue weighted by Crippen LogP contribution is 2.33. The third-order valence-corrected chi connectivity index (χ3v) is 3.14. The maximum absolute atomic E-state index is 13.1. The topological polar surface area (TPSA) is 98.2 Å². The fourth-order valence-corrected chi connectivity index (χ4v) is 2.29. The third kappa shape index (κ3) is 2.69. The number of rotatable bonds is 2. The second kappa shape index (κ2) is 5.25. The molecule has 116 valence electrons. The van der Waals surface area contributed by atoms with Crippen LogP contribution >= 0.6 is 0 Å². The summed E-state index contributed by atoms with van der Waals surface area (Å²) in [4.78, 5) is 23.3. The highest BCUT2D eigenvalue weighted by molar-refractivity contribution is 6.01. The van der Waals surface area contributed by atoms with Crippen molar-refractivity contribution in [3.8, 4) is 11.3 Å². The molecule has 0 bridgehead atoms. The Balaban J connectivity index is 2.82. The first kappa shape index (κ1) is 15.7. The minimum atomic E-state index is -1.32. The Labute approximate surface area is 126 Å². The molecule has 6 nitrogen and oxygen atoms in total. The molecule has 0 saturated carbocycles. The van der Waals surface area contributed by atoms with Gasteiger partial charge in [-0.05, 0) is 24.3 Å². The standard InChI is InChI=1S/C15H16FN3O3/c1-15(2,3)12-10(13(17)20)11(18-19(12)14(21)22)8-4-6-9(16)7-5-8/h4-7H,1-3H3,(H2,17,20)(H,21,22). The Kier molecular flexibility index (Phi) is 3.74. The molecule has 0 fully saturated rings. The zero-order valence-electron chi connectivity index (χ0n) is 12.4.